The summed E-state index contributed by atoms with van der Waals surface area (Å²) < 4.78 is 15.5. The van der Waals surface area contributed by atoms with E-state index in [1.807, 2.05) is 0 Å². The predicted octanol–water partition coefficient (Wildman–Crippen LogP) is 2.37. The maximum Gasteiger partial charge on any atom is 0.320 e. The number of allylic oxidation sites excluding steroid dienone is 1. The first-order valence-electron chi connectivity index (χ1n) is 5.82. The fourth-order valence-electron chi connectivity index (χ4n) is 1.76. The van der Waals surface area contributed by atoms with Crippen LogP contribution in [-0.2, 0) is 6.54 Å². The third-order valence-electron chi connectivity index (χ3n) is 2.68. The quantitative estimate of drug-likeness (QED) is 0.644. The van der Waals surface area contributed by atoms with E-state index in [4.69, 9.17) is 11.6 Å². The lowest BCUT2D eigenvalue weighted by atomic mass is 10.3. The minimum Gasteiger partial charge on any atom is -0.305 e. The van der Waals surface area contributed by atoms with Crippen molar-refractivity contribution in [2.24, 2.45) is 0 Å². The van der Waals surface area contributed by atoms with E-state index in [-0.39, 0.29) is 11.6 Å². The van der Waals surface area contributed by atoms with Gasteiger partial charge < -0.3 is 4.57 Å². The van der Waals surface area contributed by atoms with Crippen LogP contribution in [0.1, 0.15) is 6.92 Å². The highest BCUT2D eigenvalue weighted by Crippen LogP contribution is 2.17. The van der Waals surface area contributed by atoms with E-state index in [1.54, 1.807) is 6.92 Å². The first-order valence-corrected chi connectivity index (χ1v) is 6.20. The zero-order chi connectivity index (χ0) is 14.9. The maximum absolute atomic E-state index is 13.1. The second-order valence-corrected chi connectivity index (χ2v) is 4.87. The van der Waals surface area contributed by atoms with Crippen molar-refractivity contribution in [2.45, 2.75) is 13.5 Å². The molecule has 0 fully saturated rings. The van der Waals surface area contributed by atoms with Gasteiger partial charge in [-0.3, -0.25) is 14.2 Å². The van der Waals surface area contributed by atoms with Crippen LogP contribution in [0.25, 0.3) is 5.69 Å². The Hall–Kier alpha value is -2.14. The largest absolute Gasteiger partial charge is 0.320 e. The monoisotopic (exact) mass is 294 g/mol. The van der Waals surface area contributed by atoms with Crippen LogP contribution in [-0.4, -0.2) is 9.13 Å². The number of aromatic nitrogens is 2. The standard InChI is InChI=1S/C14H12ClFN2O2/c1-9(2)8-17-5-6-18(14(20)13(17)19)10-3-4-12(16)11(15)7-10/h3-7H,1,8H2,2H3. The van der Waals surface area contributed by atoms with Crippen LogP contribution in [0.5, 0.6) is 0 Å². The summed E-state index contributed by atoms with van der Waals surface area (Å²) in [7, 11) is 0. The third kappa shape index (κ3) is 2.72. The Morgan fingerprint density at radius 3 is 2.60 bits per heavy atom. The highest BCUT2D eigenvalue weighted by atomic mass is 35.5. The van der Waals surface area contributed by atoms with Crippen molar-refractivity contribution in [1.82, 2.24) is 9.13 Å². The molecular formula is C14H12ClFN2O2. The minimum absolute atomic E-state index is 0.111. The summed E-state index contributed by atoms with van der Waals surface area (Å²) in [6.45, 7) is 5.73. The smallest absolute Gasteiger partial charge is 0.305 e. The van der Waals surface area contributed by atoms with Gasteiger partial charge in [-0.2, -0.15) is 0 Å². The van der Waals surface area contributed by atoms with Crippen LogP contribution in [0, 0.1) is 5.82 Å². The molecule has 0 atom stereocenters. The van der Waals surface area contributed by atoms with E-state index in [2.05, 4.69) is 6.58 Å². The van der Waals surface area contributed by atoms with Gasteiger partial charge in [-0.15, -0.1) is 0 Å². The van der Waals surface area contributed by atoms with Gasteiger partial charge in [0.1, 0.15) is 5.82 Å². The Bertz CT molecular complexity index is 792. The molecule has 6 heteroatoms. The molecule has 0 spiro atoms. The Morgan fingerprint density at radius 2 is 2.00 bits per heavy atom. The molecule has 0 saturated heterocycles. The molecule has 0 amide bonds. The van der Waals surface area contributed by atoms with E-state index in [0.717, 1.165) is 16.2 Å². The zero-order valence-electron chi connectivity index (χ0n) is 10.8. The lowest BCUT2D eigenvalue weighted by molar-refractivity contribution is 0.627. The average Bonchev–Trinajstić information content (AvgIpc) is 2.38. The lowest BCUT2D eigenvalue weighted by Gasteiger charge is -2.09. The van der Waals surface area contributed by atoms with Gasteiger partial charge in [0.2, 0.25) is 0 Å². The van der Waals surface area contributed by atoms with Gasteiger partial charge in [0.05, 0.1) is 10.7 Å². The number of hydrogen-bond donors (Lipinski definition) is 0. The summed E-state index contributed by atoms with van der Waals surface area (Å²) in [5.74, 6) is -0.584. The van der Waals surface area contributed by atoms with Crippen LogP contribution in [0.15, 0.2) is 52.3 Å². The molecule has 1 aromatic heterocycles. The second-order valence-electron chi connectivity index (χ2n) is 4.46. The number of halogens is 2. The van der Waals surface area contributed by atoms with Crippen molar-refractivity contribution >= 4 is 11.6 Å². The summed E-state index contributed by atoms with van der Waals surface area (Å²) in [6.07, 6.45) is 2.92. The van der Waals surface area contributed by atoms with E-state index in [1.165, 1.54) is 29.1 Å². The van der Waals surface area contributed by atoms with Crippen molar-refractivity contribution in [3.63, 3.8) is 0 Å². The second kappa shape index (κ2) is 5.46. The highest BCUT2D eigenvalue weighted by Gasteiger charge is 2.08. The zero-order valence-corrected chi connectivity index (χ0v) is 11.5. The number of nitrogens with zero attached hydrogens (tertiary/aromatic N) is 2. The summed E-state index contributed by atoms with van der Waals surface area (Å²) >= 11 is 5.67. The van der Waals surface area contributed by atoms with E-state index >= 15 is 0 Å². The summed E-state index contributed by atoms with van der Waals surface area (Å²) in [4.78, 5) is 24.0. The van der Waals surface area contributed by atoms with Crippen LogP contribution in [0.4, 0.5) is 4.39 Å². The lowest BCUT2D eigenvalue weighted by Crippen LogP contribution is -2.40. The molecule has 0 aliphatic heterocycles. The Balaban J connectivity index is 2.57. The van der Waals surface area contributed by atoms with Crippen molar-refractivity contribution in [2.75, 3.05) is 0 Å². The molecule has 4 nitrogen and oxygen atoms in total. The molecule has 0 radical (unpaired) electrons. The van der Waals surface area contributed by atoms with Crippen LogP contribution >= 0.6 is 11.6 Å². The van der Waals surface area contributed by atoms with Gasteiger partial charge >= 0.3 is 11.1 Å². The Labute approximate surface area is 119 Å². The van der Waals surface area contributed by atoms with Gasteiger partial charge in [-0.05, 0) is 25.1 Å². The van der Waals surface area contributed by atoms with Crippen LogP contribution in [0.2, 0.25) is 5.02 Å². The van der Waals surface area contributed by atoms with E-state index < -0.39 is 16.9 Å². The number of hydrogen-bond acceptors (Lipinski definition) is 2. The molecule has 2 rings (SSSR count). The summed E-state index contributed by atoms with van der Waals surface area (Å²) in [5, 5.41) is -0.111. The van der Waals surface area contributed by atoms with Gasteiger partial charge in [-0.1, -0.05) is 23.8 Å². The summed E-state index contributed by atoms with van der Waals surface area (Å²) in [5.41, 5.74) is -0.303. The molecular weight excluding hydrogens is 283 g/mol. The fraction of sp³-hybridized carbons (Fsp3) is 0.143. The third-order valence-corrected chi connectivity index (χ3v) is 2.97. The van der Waals surface area contributed by atoms with Gasteiger partial charge in [0.15, 0.2) is 0 Å². The predicted molar refractivity (Wildman–Crippen MR) is 76.1 cm³/mol. The molecule has 0 aliphatic carbocycles. The number of benzene rings is 1. The van der Waals surface area contributed by atoms with Crippen molar-refractivity contribution in [1.29, 1.82) is 0 Å². The summed E-state index contributed by atoms with van der Waals surface area (Å²) in [6, 6.07) is 3.81. The average molecular weight is 295 g/mol. The first kappa shape index (κ1) is 14.3. The minimum atomic E-state index is -0.726. The molecule has 0 saturated carbocycles. The fourth-order valence-corrected chi connectivity index (χ4v) is 1.94. The molecule has 2 aromatic rings. The molecule has 0 unspecified atom stereocenters. The van der Waals surface area contributed by atoms with E-state index in [9.17, 15) is 14.0 Å². The van der Waals surface area contributed by atoms with Gasteiger partial charge in [0, 0.05) is 18.9 Å². The molecule has 104 valence electrons. The van der Waals surface area contributed by atoms with Crippen molar-refractivity contribution in [3.8, 4) is 5.69 Å². The molecule has 1 aromatic carbocycles. The van der Waals surface area contributed by atoms with Crippen LogP contribution in [0.3, 0.4) is 0 Å². The molecule has 1 heterocycles. The van der Waals surface area contributed by atoms with Crippen molar-refractivity contribution in [3.05, 3.63) is 74.3 Å². The number of rotatable bonds is 3. The Morgan fingerprint density at radius 1 is 1.30 bits per heavy atom. The first-order chi connectivity index (χ1) is 9.40. The van der Waals surface area contributed by atoms with Crippen molar-refractivity contribution < 1.29 is 4.39 Å². The molecule has 20 heavy (non-hydrogen) atoms. The molecule has 0 N–H and O–H groups in total. The normalized spacial score (nSPS) is 10.6. The molecule has 0 bridgehead atoms. The SMILES string of the molecule is C=C(C)Cn1ccn(-c2ccc(F)c(Cl)c2)c(=O)c1=O. The molecule has 0 aliphatic rings. The van der Waals surface area contributed by atoms with E-state index in [0.29, 0.717) is 5.69 Å². The van der Waals surface area contributed by atoms with Crippen LogP contribution < -0.4 is 11.1 Å². The highest BCUT2D eigenvalue weighted by molar-refractivity contribution is 6.30. The topological polar surface area (TPSA) is 44.0 Å². The maximum atomic E-state index is 13.1. The van der Waals surface area contributed by atoms with Gasteiger partial charge in [0.25, 0.3) is 0 Å². The van der Waals surface area contributed by atoms with Gasteiger partial charge in [-0.25, -0.2) is 4.39 Å². The Kier molecular flexibility index (Phi) is 3.90.